The van der Waals surface area contributed by atoms with E-state index in [2.05, 4.69) is 4.98 Å². The predicted octanol–water partition coefficient (Wildman–Crippen LogP) is 3.52. The maximum absolute atomic E-state index is 13.1. The third-order valence-electron chi connectivity index (χ3n) is 3.64. The first kappa shape index (κ1) is 15.6. The maximum atomic E-state index is 13.1. The van der Waals surface area contributed by atoms with E-state index in [-0.39, 0.29) is 23.7 Å². The minimum atomic E-state index is -4.58. The molecule has 4 nitrogen and oxygen atoms in total. The van der Waals surface area contributed by atoms with Crippen LogP contribution in [0.25, 0.3) is 0 Å². The zero-order valence-corrected chi connectivity index (χ0v) is 11.7. The Hall–Kier alpha value is -1.79. The summed E-state index contributed by atoms with van der Waals surface area (Å²) in [6.07, 6.45) is -1.50. The molecule has 0 saturated heterocycles. The molecular weight excluding hydrogens is 285 g/mol. The number of carbonyl (C=O) groups is 1. The predicted molar refractivity (Wildman–Crippen MR) is 70.8 cm³/mol. The van der Waals surface area contributed by atoms with Crippen molar-refractivity contribution in [1.29, 1.82) is 0 Å². The summed E-state index contributed by atoms with van der Waals surface area (Å²) in [5.74, 6) is -1.42. The largest absolute Gasteiger partial charge is 0.462 e. The number of carbonyl (C=O) groups excluding carboxylic acids is 1. The normalized spacial score (nSPS) is 16.2. The number of nitrogens with two attached hydrogens (primary N) is 1. The molecule has 1 aliphatic rings. The highest BCUT2D eigenvalue weighted by atomic mass is 19.4. The summed E-state index contributed by atoms with van der Waals surface area (Å²) < 4.78 is 44.2. The Balaban J connectivity index is 2.52. The van der Waals surface area contributed by atoms with Crippen molar-refractivity contribution >= 4 is 11.8 Å². The minimum Gasteiger partial charge on any atom is -0.462 e. The van der Waals surface area contributed by atoms with Crippen LogP contribution in [0.1, 0.15) is 60.1 Å². The lowest BCUT2D eigenvalue weighted by Gasteiger charge is -2.18. The molecule has 1 aromatic heterocycles. The van der Waals surface area contributed by atoms with Gasteiger partial charge in [-0.05, 0) is 37.3 Å². The van der Waals surface area contributed by atoms with E-state index in [1.165, 1.54) is 6.07 Å². The Morgan fingerprint density at radius 3 is 2.57 bits per heavy atom. The molecule has 0 unspecified atom stereocenters. The fraction of sp³-hybridized carbons (Fsp3) is 0.571. The Bertz CT molecular complexity index is 538. The summed E-state index contributed by atoms with van der Waals surface area (Å²) in [7, 11) is 0. The molecule has 0 aromatic carbocycles. The molecule has 0 amide bonds. The van der Waals surface area contributed by atoms with Crippen LogP contribution in [0.4, 0.5) is 19.0 Å². The summed E-state index contributed by atoms with van der Waals surface area (Å²) >= 11 is 0. The molecule has 1 saturated carbocycles. The summed E-state index contributed by atoms with van der Waals surface area (Å²) in [5, 5.41) is 0. The molecule has 7 heteroatoms. The number of hydrogen-bond acceptors (Lipinski definition) is 4. The van der Waals surface area contributed by atoms with Crippen molar-refractivity contribution in [3.63, 3.8) is 0 Å². The van der Waals surface area contributed by atoms with E-state index in [1.807, 2.05) is 0 Å². The summed E-state index contributed by atoms with van der Waals surface area (Å²) in [6, 6.07) is 1.21. The summed E-state index contributed by atoms with van der Waals surface area (Å²) in [6.45, 7) is 1.74. The Morgan fingerprint density at radius 1 is 1.43 bits per heavy atom. The quantitative estimate of drug-likeness (QED) is 0.868. The van der Waals surface area contributed by atoms with Gasteiger partial charge >= 0.3 is 12.1 Å². The average Bonchev–Trinajstić information content (AvgIpc) is 2.91. The third kappa shape index (κ3) is 3.28. The Kier molecular flexibility index (Phi) is 4.39. The van der Waals surface area contributed by atoms with Crippen LogP contribution in [0.5, 0.6) is 0 Å². The molecular formula is C14H17F3N2O2. The maximum Gasteiger partial charge on any atom is 0.433 e. The van der Waals surface area contributed by atoms with Crippen LogP contribution in [0.15, 0.2) is 6.07 Å². The van der Waals surface area contributed by atoms with E-state index in [9.17, 15) is 18.0 Å². The van der Waals surface area contributed by atoms with Crippen molar-refractivity contribution < 1.29 is 22.7 Å². The molecule has 21 heavy (non-hydrogen) atoms. The second-order valence-corrected chi connectivity index (χ2v) is 5.06. The van der Waals surface area contributed by atoms with Gasteiger partial charge in [0.1, 0.15) is 17.1 Å². The van der Waals surface area contributed by atoms with Gasteiger partial charge in [-0.15, -0.1) is 0 Å². The van der Waals surface area contributed by atoms with Crippen LogP contribution in [-0.4, -0.2) is 17.6 Å². The first-order chi connectivity index (χ1) is 9.84. The zero-order chi connectivity index (χ0) is 15.6. The fourth-order valence-corrected chi connectivity index (χ4v) is 2.69. The van der Waals surface area contributed by atoms with Crippen LogP contribution in [0, 0.1) is 0 Å². The van der Waals surface area contributed by atoms with Gasteiger partial charge in [-0.25, -0.2) is 9.78 Å². The molecule has 1 fully saturated rings. The first-order valence-electron chi connectivity index (χ1n) is 6.89. The zero-order valence-electron chi connectivity index (χ0n) is 11.7. The van der Waals surface area contributed by atoms with E-state index in [0.717, 1.165) is 12.8 Å². The molecule has 1 aromatic rings. The van der Waals surface area contributed by atoms with Crippen LogP contribution in [-0.2, 0) is 10.9 Å². The number of alkyl halides is 3. The van der Waals surface area contributed by atoms with E-state index in [4.69, 9.17) is 10.5 Å². The van der Waals surface area contributed by atoms with Crippen LogP contribution < -0.4 is 5.73 Å². The van der Waals surface area contributed by atoms with Gasteiger partial charge in [0.2, 0.25) is 0 Å². The van der Waals surface area contributed by atoms with Crippen molar-refractivity contribution in [2.75, 3.05) is 12.3 Å². The molecule has 0 aliphatic heterocycles. The number of esters is 1. The monoisotopic (exact) mass is 302 g/mol. The minimum absolute atomic E-state index is 0.0530. The van der Waals surface area contributed by atoms with Gasteiger partial charge in [0.15, 0.2) is 0 Å². The van der Waals surface area contributed by atoms with E-state index < -0.39 is 23.7 Å². The number of ether oxygens (including phenoxy) is 1. The van der Waals surface area contributed by atoms with Gasteiger partial charge in [-0.2, -0.15) is 13.2 Å². The van der Waals surface area contributed by atoms with Gasteiger partial charge < -0.3 is 10.5 Å². The van der Waals surface area contributed by atoms with Gasteiger partial charge in [0.05, 0.1) is 6.61 Å². The fourth-order valence-electron chi connectivity index (χ4n) is 2.69. The molecule has 0 radical (unpaired) electrons. The highest BCUT2D eigenvalue weighted by Gasteiger charge is 2.39. The molecule has 0 spiro atoms. The average molecular weight is 302 g/mol. The van der Waals surface area contributed by atoms with E-state index in [0.29, 0.717) is 12.8 Å². The van der Waals surface area contributed by atoms with E-state index in [1.54, 1.807) is 6.92 Å². The number of nitrogen functional groups attached to an aromatic ring is 1. The molecule has 0 atom stereocenters. The lowest BCUT2D eigenvalue weighted by atomic mass is 9.94. The number of nitrogens with zero attached hydrogens (tertiary/aromatic N) is 1. The Morgan fingerprint density at radius 2 is 2.05 bits per heavy atom. The number of aromatic nitrogens is 1. The summed E-state index contributed by atoms with van der Waals surface area (Å²) in [5.41, 5.74) is 4.48. The molecule has 0 bridgehead atoms. The molecule has 1 heterocycles. The van der Waals surface area contributed by atoms with Gasteiger partial charge in [0, 0.05) is 0 Å². The van der Waals surface area contributed by atoms with Crippen molar-refractivity contribution in [3.05, 3.63) is 22.9 Å². The lowest BCUT2D eigenvalue weighted by molar-refractivity contribution is -0.141. The number of halogens is 3. The van der Waals surface area contributed by atoms with Crippen molar-refractivity contribution in [3.8, 4) is 0 Å². The van der Waals surface area contributed by atoms with Crippen LogP contribution in [0.2, 0.25) is 0 Å². The lowest BCUT2D eigenvalue weighted by Crippen LogP contribution is -2.18. The van der Waals surface area contributed by atoms with Gasteiger partial charge in [-0.3, -0.25) is 0 Å². The van der Waals surface area contributed by atoms with Crippen molar-refractivity contribution in [2.45, 2.75) is 44.7 Å². The third-order valence-corrected chi connectivity index (χ3v) is 3.64. The van der Waals surface area contributed by atoms with Crippen LogP contribution >= 0.6 is 0 Å². The standard InChI is InChI=1S/C14H17F3N2O2/c1-2-21-13(20)10-7-9(8-5-3-4-6-8)11(14(15,16)17)19-12(10)18/h7-8H,2-6H2,1H3,(H2,18,19). The van der Waals surface area contributed by atoms with E-state index >= 15 is 0 Å². The number of pyridine rings is 1. The highest BCUT2D eigenvalue weighted by molar-refractivity contribution is 5.94. The molecule has 1 aliphatic carbocycles. The second kappa shape index (κ2) is 5.91. The smallest absolute Gasteiger partial charge is 0.433 e. The number of rotatable bonds is 3. The number of anilines is 1. The van der Waals surface area contributed by atoms with Gasteiger partial charge in [0.25, 0.3) is 0 Å². The van der Waals surface area contributed by atoms with Crippen molar-refractivity contribution in [2.24, 2.45) is 0 Å². The molecule has 2 N–H and O–H groups in total. The first-order valence-corrected chi connectivity index (χ1v) is 6.89. The topological polar surface area (TPSA) is 65.2 Å². The number of hydrogen-bond donors (Lipinski definition) is 1. The Labute approximate surface area is 120 Å². The van der Waals surface area contributed by atoms with Crippen molar-refractivity contribution in [1.82, 2.24) is 4.98 Å². The summed E-state index contributed by atoms with van der Waals surface area (Å²) in [4.78, 5) is 15.2. The van der Waals surface area contributed by atoms with Crippen LogP contribution in [0.3, 0.4) is 0 Å². The van der Waals surface area contributed by atoms with Gasteiger partial charge in [-0.1, -0.05) is 12.8 Å². The highest BCUT2D eigenvalue weighted by Crippen LogP contribution is 2.41. The second-order valence-electron chi connectivity index (χ2n) is 5.06. The molecule has 116 valence electrons. The SMILES string of the molecule is CCOC(=O)c1cc(C2CCCC2)c(C(F)(F)F)nc1N. The molecule has 2 rings (SSSR count).